The molecule has 1 unspecified atom stereocenters. The van der Waals surface area contributed by atoms with Gasteiger partial charge in [-0.05, 0) is 44.7 Å². The standard InChI is InChI=1S/C37H32NP2/c1-30(36-28-17-29-37(36)39(31-18-7-2-8-19-31)32-20-9-3-10-21-32)38-40(33-22-11-4-12-23-33,34-24-13-5-14-25-34)35-26-15-6-16-27-35/h2-30H,1H3. The minimum Gasteiger partial charge on any atom is -0.286 e. The van der Waals surface area contributed by atoms with E-state index in [-0.39, 0.29) is 6.04 Å². The van der Waals surface area contributed by atoms with Crippen molar-refractivity contribution in [3.63, 3.8) is 0 Å². The maximum absolute atomic E-state index is 5.91. The average molecular weight is 553 g/mol. The van der Waals surface area contributed by atoms with Crippen LogP contribution in [0.15, 0.2) is 156 Å². The number of hydrogen-bond donors (Lipinski definition) is 0. The second kappa shape index (κ2) is 12.5. The van der Waals surface area contributed by atoms with Gasteiger partial charge in [-0.1, -0.05) is 152 Å². The Morgan fingerprint density at radius 3 is 1.27 bits per heavy atom. The van der Waals surface area contributed by atoms with Gasteiger partial charge in [0.25, 0.3) is 0 Å². The topological polar surface area (TPSA) is 12.4 Å². The molecule has 5 aromatic carbocycles. The van der Waals surface area contributed by atoms with Crippen molar-refractivity contribution in [3.05, 3.63) is 182 Å². The molecule has 1 fully saturated rings. The van der Waals surface area contributed by atoms with Crippen molar-refractivity contribution in [2.75, 3.05) is 0 Å². The predicted molar refractivity (Wildman–Crippen MR) is 175 cm³/mol. The summed E-state index contributed by atoms with van der Waals surface area (Å²) in [5.74, 6) is 1.31. The summed E-state index contributed by atoms with van der Waals surface area (Å²) in [4.78, 5) is 0. The van der Waals surface area contributed by atoms with Crippen LogP contribution >= 0.6 is 15.0 Å². The Hall–Kier alpha value is -3.24. The lowest BCUT2D eigenvalue weighted by atomic mass is 10.0. The Morgan fingerprint density at radius 1 is 0.500 bits per heavy atom. The summed E-state index contributed by atoms with van der Waals surface area (Å²) in [7, 11) is -3.03. The first-order valence-corrected chi connectivity index (χ1v) is 16.8. The van der Waals surface area contributed by atoms with E-state index in [0.29, 0.717) is 0 Å². The van der Waals surface area contributed by atoms with Crippen LogP contribution in [0.2, 0.25) is 0 Å². The van der Waals surface area contributed by atoms with E-state index in [1.165, 1.54) is 38.1 Å². The largest absolute Gasteiger partial charge is 0.286 e. The van der Waals surface area contributed by atoms with Crippen molar-refractivity contribution < 1.29 is 0 Å². The summed E-state index contributed by atoms with van der Waals surface area (Å²) in [5, 5.41) is 6.55. The molecule has 1 nitrogen and oxygen atoms in total. The third-order valence-corrected chi connectivity index (χ3v) is 13.6. The Labute approximate surface area is 241 Å². The molecule has 5 aromatic rings. The summed E-state index contributed by atoms with van der Waals surface area (Å²) in [6, 6.07) is 54.6. The van der Waals surface area contributed by atoms with Crippen molar-refractivity contribution in [1.29, 1.82) is 0 Å². The lowest BCUT2D eigenvalue weighted by molar-refractivity contribution is 0.805. The van der Waals surface area contributed by atoms with E-state index in [1.54, 1.807) is 0 Å². The van der Waals surface area contributed by atoms with E-state index in [2.05, 4.69) is 178 Å². The molecule has 0 aromatic heterocycles. The number of nitrogens with zero attached hydrogens (tertiary/aromatic N) is 1. The van der Waals surface area contributed by atoms with Gasteiger partial charge in [0.1, 0.15) is 0 Å². The molecule has 1 saturated carbocycles. The fourth-order valence-corrected chi connectivity index (χ4v) is 11.8. The highest BCUT2D eigenvalue weighted by Gasteiger charge is 2.41. The van der Waals surface area contributed by atoms with Crippen LogP contribution in [-0.4, -0.2) is 6.04 Å². The first kappa shape index (κ1) is 27.0. The van der Waals surface area contributed by atoms with Crippen molar-refractivity contribution >= 4 is 41.5 Å². The molecule has 1 aliphatic rings. The molecule has 0 saturated heterocycles. The molecule has 1 atom stereocenters. The first-order chi connectivity index (χ1) is 19.8. The molecule has 1 aliphatic carbocycles. The molecule has 0 N–H and O–H groups in total. The minimum atomic E-state index is -2.31. The van der Waals surface area contributed by atoms with Gasteiger partial charge in [0, 0.05) is 27.5 Å². The van der Waals surface area contributed by atoms with E-state index in [1.807, 2.05) is 0 Å². The van der Waals surface area contributed by atoms with Crippen LogP contribution in [0.5, 0.6) is 0 Å². The molecule has 195 valence electrons. The lowest BCUT2D eigenvalue weighted by Gasteiger charge is -2.34. The van der Waals surface area contributed by atoms with Crippen molar-refractivity contribution in [1.82, 2.24) is 0 Å². The van der Waals surface area contributed by atoms with Crippen LogP contribution in [0.3, 0.4) is 0 Å². The van der Waals surface area contributed by atoms with Gasteiger partial charge in [-0.25, -0.2) is 0 Å². The summed E-state index contributed by atoms with van der Waals surface area (Å²) < 4.78 is 5.91. The third-order valence-electron chi connectivity index (χ3n) is 7.28. The van der Waals surface area contributed by atoms with Crippen LogP contribution in [0.25, 0.3) is 0 Å². The predicted octanol–water partition coefficient (Wildman–Crippen LogP) is 7.42. The van der Waals surface area contributed by atoms with Crippen LogP contribution in [0.4, 0.5) is 0 Å². The SMILES string of the molecule is CC(N=P(c1ccccc1)(c1ccccc1)c1ccccc1)[C]1[CH][CH][CH][C]1P(c1ccccc1)c1ccccc1. The van der Waals surface area contributed by atoms with E-state index in [4.69, 9.17) is 4.74 Å². The summed E-state index contributed by atoms with van der Waals surface area (Å²) in [6.07, 6.45) is 6.83. The van der Waals surface area contributed by atoms with E-state index >= 15 is 0 Å². The van der Waals surface area contributed by atoms with Crippen molar-refractivity contribution in [2.45, 2.75) is 13.0 Å². The van der Waals surface area contributed by atoms with Crippen LogP contribution in [-0.2, 0) is 0 Å². The maximum atomic E-state index is 5.91. The van der Waals surface area contributed by atoms with Crippen LogP contribution < -0.4 is 26.5 Å². The highest BCUT2D eigenvalue weighted by atomic mass is 31.2. The molecular formula is C37H32NP2. The molecule has 0 spiro atoms. The van der Waals surface area contributed by atoms with Gasteiger partial charge < -0.3 is 0 Å². The second-order valence-electron chi connectivity index (χ2n) is 9.81. The Balaban J connectivity index is 1.51. The minimum absolute atomic E-state index is 0.00336. The zero-order valence-electron chi connectivity index (χ0n) is 22.6. The molecule has 3 heteroatoms. The normalized spacial score (nSPS) is 15.2. The van der Waals surface area contributed by atoms with Gasteiger partial charge in [0.15, 0.2) is 0 Å². The Morgan fingerprint density at radius 2 is 0.875 bits per heavy atom. The summed E-state index contributed by atoms with van der Waals surface area (Å²) in [6.45, 7) is 2.28. The van der Waals surface area contributed by atoms with E-state index < -0.39 is 15.0 Å². The molecule has 0 heterocycles. The molecule has 0 bridgehead atoms. The fraction of sp³-hybridized carbons (Fsp3) is 0.0541. The monoisotopic (exact) mass is 552 g/mol. The van der Waals surface area contributed by atoms with Gasteiger partial charge in [-0.15, -0.1) is 0 Å². The molecule has 0 amide bonds. The van der Waals surface area contributed by atoms with E-state index in [9.17, 15) is 0 Å². The average Bonchev–Trinajstić information content (AvgIpc) is 3.52. The Bertz CT molecular complexity index is 1390. The highest BCUT2D eigenvalue weighted by molar-refractivity contribution is 7.87. The lowest BCUT2D eigenvalue weighted by Crippen LogP contribution is -2.28. The third kappa shape index (κ3) is 5.39. The van der Waals surface area contributed by atoms with Crippen LogP contribution in [0, 0.1) is 30.8 Å². The fourth-order valence-electron chi connectivity index (χ4n) is 5.46. The van der Waals surface area contributed by atoms with Crippen LogP contribution in [0.1, 0.15) is 6.92 Å². The quantitative estimate of drug-likeness (QED) is 0.178. The zero-order valence-corrected chi connectivity index (χ0v) is 24.4. The van der Waals surface area contributed by atoms with Gasteiger partial charge in [0.2, 0.25) is 0 Å². The molecule has 5 radical (unpaired) electrons. The number of benzene rings is 5. The van der Waals surface area contributed by atoms with E-state index in [0.717, 1.165) is 0 Å². The molecular weight excluding hydrogens is 520 g/mol. The highest BCUT2D eigenvalue weighted by Crippen LogP contribution is 2.58. The number of hydrogen-bond acceptors (Lipinski definition) is 1. The smallest absolute Gasteiger partial charge is 0.0551 e. The van der Waals surface area contributed by atoms with Gasteiger partial charge in [0.05, 0.1) is 13.1 Å². The molecule has 6 rings (SSSR count). The van der Waals surface area contributed by atoms with Crippen molar-refractivity contribution in [3.8, 4) is 0 Å². The van der Waals surface area contributed by atoms with Gasteiger partial charge >= 0.3 is 0 Å². The Kier molecular flexibility index (Phi) is 8.43. The molecule has 40 heavy (non-hydrogen) atoms. The van der Waals surface area contributed by atoms with Gasteiger partial charge in [-0.3, -0.25) is 4.74 Å². The zero-order chi connectivity index (χ0) is 27.2. The summed E-state index contributed by atoms with van der Waals surface area (Å²) in [5.41, 5.74) is 1.39. The second-order valence-corrected chi connectivity index (χ2v) is 15.0. The van der Waals surface area contributed by atoms with Gasteiger partial charge in [-0.2, -0.15) is 0 Å². The summed E-state index contributed by atoms with van der Waals surface area (Å²) >= 11 is 0. The molecule has 0 aliphatic heterocycles. The van der Waals surface area contributed by atoms with Crippen molar-refractivity contribution in [2.24, 2.45) is 4.74 Å². The first-order valence-electron chi connectivity index (χ1n) is 13.7. The maximum Gasteiger partial charge on any atom is 0.0551 e. The number of rotatable bonds is 8.